The normalized spacial score (nSPS) is 18.6. The number of benzene rings is 2. The Morgan fingerprint density at radius 3 is 2.50 bits per heavy atom. The van der Waals surface area contributed by atoms with Gasteiger partial charge < -0.3 is 10.6 Å². The van der Waals surface area contributed by atoms with Gasteiger partial charge in [0.25, 0.3) is 0 Å². The van der Waals surface area contributed by atoms with Crippen LogP contribution in [0.5, 0.6) is 0 Å². The Morgan fingerprint density at radius 2 is 1.80 bits per heavy atom. The van der Waals surface area contributed by atoms with Gasteiger partial charge in [-0.1, -0.05) is 48.5 Å². The Kier molecular flexibility index (Phi) is 3.52. The maximum Gasteiger partial charge on any atom is 0.224 e. The smallest absolute Gasteiger partial charge is 0.224 e. The van der Waals surface area contributed by atoms with E-state index in [9.17, 15) is 4.79 Å². The molecule has 2 N–H and O–H groups in total. The van der Waals surface area contributed by atoms with Crippen LogP contribution in [0.2, 0.25) is 0 Å². The van der Waals surface area contributed by atoms with Gasteiger partial charge in [-0.25, -0.2) is 0 Å². The molecule has 1 amide bonds. The van der Waals surface area contributed by atoms with Crippen molar-refractivity contribution in [3.8, 4) is 11.1 Å². The van der Waals surface area contributed by atoms with Crippen LogP contribution in [0.1, 0.15) is 12.0 Å². The molecule has 1 aliphatic rings. The first-order valence-corrected chi connectivity index (χ1v) is 6.90. The number of hydrogen-bond acceptors (Lipinski definition) is 2. The van der Waals surface area contributed by atoms with Crippen molar-refractivity contribution in [1.82, 2.24) is 4.90 Å². The summed E-state index contributed by atoms with van der Waals surface area (Å²) < 4.78 is 0. The monoisotopic (exact) mass is 266 g/mol. The third-order valence-electron chi connectivity index (χ3n) is 3.65. The first kappa shape index (κ1) is 12.9. The van der Waals surface area contributed by atoms with Crippen LogP contribution >= 0.6 is 0 Å². The molecule has 2 aromatic carbocycles. The number of nitrogens with zero attached hydrogens (tertiary/aromatic N) is 1. The summed E-state index contributed by atoms with van der Waals surface area (Å²) in [7, 11) is 0. The molecule has 3 heteroatoms. The van der Waals surface area contributed by atoms with Crippen LogP contribution in [0.25, 0.3) is 11.1 Å². The molecule has 1 heterocycles. The molecule has 2 aromatic rings. The van der Waals surface area contributed by atoms with Gasteiger partial charge in [0.15, 0.2) is 0 Å². The summed E-state index contributed by atoms with van der Waals surface area (Å²) in [6.45, 7) is 1.31. The van der Waals surface area contributed by atoms with E-state index in [2.05, 4.69) is 30.3 Å². The summed E-state index contributed by atoms with van der Waals surface area (Å²) in [5.74, 6) is 0.155. The summed E-state index contributed by atoms with van der Waals surface area (Å²) in [5, 5.41) is 0. The first-order valence-electron chi connectivity index (χ1n) is 6.90. The summed E-state index contributed by atoms with van der Waals surface area (Å²) in [6, 6.07) is 18.6. The number of hydrogen-bond donors (Lipinski definition) is 1. The number of likely N-dealkylation sites (tertiary alicyclic amines) is 1. The predicted molar refractivity (Wildman–Crippen MR) is 79.9 cm³/mol. The Bertz CT molecular complexity index is 609. The van der Waals surface area contributed by atoms with Gasteiger partial charge in [-0.15, -0.1) is 0 Å². The van der Waals surface area contributed by atoms with Gasteiger partial charge in [0.05, 0.1) is 0 Å². The first-order chi connectivity index (χ1) is 9.72. The fourth-order valence-corrected chi connectivity index (χ4v) is 2.66. The van der Waals surface area contributed by atoms with Crippen LogP contribution < -0.4 is 5.73 Å². The quantitative estimate of drug-likeness (QED) is 0.927. The minimum Gasteiger partial charge on any atom is -0.337 e. The highest BCUT2D eigenvalue weighted by Crippen LogP contribution is 2.21. The Morgan fingerprint density at radius 1 is 1.05 bits per heavy atom. The molecule has 1 unspecified atom stereocenters. The molecule has 1 atom stereocenters. The van der Waals surface area contributed by atoms with E-state index in [0.717, 1.165) is 5.56 Å². The van der Waals surface area contributed by atoms with Crippen molar-refractivity contribution in [1.29, 1.82) is 0 Å². The largest absolute Gasteiger partial charge is 0.337 e. The second kappa shape index (κ2) is 5.47. The standard InChI is InChI=1S/C17H18N2O/c18-16-10-17(20)19(12-16)11-13-5-4-8-15(9-13)14-6-2-1-3-7-14/h1-9,16H,10-12,18H2. The minimum atomic E-state index is -0.0141. The van der Waals surface area contributed by atoms with Crippen LogP contribution in [0.3, 0.4) is 0 Å². The zero-order valence-electron chi connectivity index (χ0n) is 11.3. The molecular formula is C17H18N2O. The minimum absolute atomic E-state index is 0.0141. The van der Waals surface area contributed by atoms with E-state index >= 15 is 0 Å². The van der Waals surface area contributed by atoms with E-state index in [1.54, 1.807) is 0 Å². The van der Waals surface area contributed by atoms with Gasteiger partial charge in [-0.2, -0.15) is 0 Å². The molecule has 0 radical (unpaired) electrons. The molecule has 1 fully saturated rings. The van der Waals surface area contributed by atoms with E-state index in [-0.39, 0.29) is 11.9 Å². The van der Waals surface area contributed by atoms with Gasteiger partial charge in [0.1, 0.15) is 0 Å². The van der Waals surface area contributed by atoms with Crippen molar-refractivity contribution in [2.45, 2.75) is 19.0 Å². The lowest BCUT2D eigenvalue weighted by molar-refractivity contribution is -0.128. The molecule has 0 saturated carbocycles. The molecule has 1 aliphatic heterocycles. The maximum atomic E-state index is 11.8. The lowest BCUT2D eigenvalue weighted by Crippen LogP contribution is -2.27. The van der Waals surface area contributed by atoms with Gasteiger partial charge in [0, 0.05) is 25.6 Å². The number of amides is 1. The lowest BCUT2D eigenvalue weighted by atomic mass is 10.0. The molecule has 0 spiro atoms. The van der Waals surface area contributed by atoms with Crippen LogP contribution in [-0.2, 0) is 11.3 Å². The fraction of sp³-hybridized carbons (Fsp3) is 0.235. The van der Waals surface area contributed by atoms with Crippen molar-refractivity contribution < 1.29 is 4.79 Å². The number of carbonyl (C=O) groups excluding carboxylic acids is 1. The molecule has 20 heavy (non-hydrogen) atoms. The highest BCUT2D eigenvalue weighted by Gasteiger charge is 2.26. The number of rotatable bonds is 3. The SMILES string of the molecule is NC1CC(=O)N(Cc2cccc(-c3ccccc3)c2)C1. The van der Waals surface area contributed by atoms with E-state index in [1.165, 1.54) is 11.1 Å². The van der Waals surface area contributed by atoms with E-state index in [0.29, 0.717) is 19.5 Å². The zero-order chi connectivity index (χ0) is 13.9. The van der Waals surface area contributed by atoms with E-state index in [1.807, 2.05) is 29.2 Å². The summed E-state index contributed by atoms with van der Waals surface area (Å²) in [4.78, 5) is 13.6. The second-order valence-electron chi connectivity index (χ2n) is 5.30. The van der Waals surface area contributed by atoms with Crippen LogP contribution in [-0.4, -0.2) is 23.4 Å². The van der Waals surface area contributed by atoms with Crippen LogP contribution in [0.15, 0.2) is 54.6 Å². The lowest BCUT2D eigenvalue weighted by Gasteiger charge is -2.16. The van der Waals surface area contributed by atoms with Crippen molar-refractivity contribution in [3.63, 3.8) is 0 Å². The van der Waals surface area contributed by atoms with Crippen LogP contribution in [0, 0.1) is 0 Å². The average molecular weight is 266 g/mol. The van der Waals surface area contributed by atoms with Crippen LogP contribution in [0.4, 0.5) is 0 Å². The number of carbonyl (C=O) groups is 1. The Labute approximate surface area is 119 Å². The highest BCUT2D eigenvalue weighted by molar-refractivity contribution is 5.79. The van der Waals surface area contributed by atoms with Crippen molar-refractivity contribution in [2.75, 3.05) is 6.54 Å². The highest BCUT2D eigenvalue weighted by atomic mass is 16.2. The fourth-order valence-electron chi connectivity index (χ4n) is 2.66. The van der Waals surface area contributed by atoms with E-state index in [4.69, 9.17) is 5.73 Å². The molecule has 0 aromatic heterocycles. The molecule has 0 bridgehead atoms. The summed E-state index contributed by atoms with van der Waals surface area (Å²) in [5.41, 5.74) is 9.35. The molecule has 102 valence electrons. The Balaban J connectivity index is 1.80. The third-order valence-corrected chi connectivity index (χ3v) is 3.65. The molecule has 1 saturated heterocycles. The third kappa shape index (κ3) is 2.73. The molecule has 3 rings (SSSR count). The van der Waals surface area contributed by atoms with E-state index < -0.39 is 0 Å². The summed E-state index contributed by atoms with van der Waals surface area (Å²) in [6.07, 6.45) is 0.471. The van der Waals surface area contributed by atoms with Gasteiger partial charge in [0.2, 0.25) is 5.91 Å². The van der Waals surface area contributed by atoms with Crippen molar-refractivity contribution >= 4 is 5.91 Å². The summed E-state index contributed by atoms with van der Waals surface area (Å²) >= 11 is 0. The van der Waals surface area contributed by atoms with Gasteiger partial charge >= 0.3 is 0 Å². The number of nitrogens with two attached hydrogens (primary N) is 1. The second-order valence-corrected chi connectivity index (χ2v) is 5.30. The molecular weight excluding hydrogens is 248 g/mol. The average Bonchev–Trinajstić information content (AvgIpc) is 2.78. The maximum absolute atomic E-state index is 11.8. The van der Waals surface area contributed by atoms with Crippen molar-refractivity contribution in [3.05, 3.63) is 60.2 Å². The molecule has 3 nitrogen and oxygen atoms in total. The van der Waals surface area contributed by atoms with Gasteiger partial charge in [-0.05, 0) is 22.8 Å². The Hall–Kier alpha value is -2.13. The zero-order valence-corrected chi connectivity index (χ0v) is 11.3. The van der Waals surface area contributed by atoms with Gasteiger partial charge in [-0.3, -0.25) is 4.79 Å². The van der Waals surface area contributed by atoms with Crippen molar-refractivity contribution in [2.24, 2.45) is 5.73 Å². The topological polar surface area (TPSA) is 46.3 Å². The molecule has 0 aliphatic carbocycles. The predicted octanol–water partition coefficient (Wildman–Crippen LogP) is 2.41.